The molecule has 0 amide bonds. The number of nitrogens with zero attached hydrogens (tertiary/aromatic N) is 1. The lowest BCUT2D eigenvalue weighted by molar-refractivity contribution is 0.117. The van der Waals surface area contributed by atoms with Crippen LogP contribution in [0.1, 0.15) is 5.56 Å². The van der Waals surface area contributed by atoms with Gasteiger partial charge >= 0.3 is 0 Å². The second-order valence-electron chi connectivity index (χ2n) is 4.52. The molecule has 0 spiro atoms. The molecule has 0 bridgehead atoms. The Morgan fingerprint density at radius 1 is 1.30 bits per heavy atom. The molecule has 0 aliphatic rings. The number of ether oxygens (including phenoxy) is 1. The van der Waals surface area contributed by atoms with Crippen molar-refractivity contribution in [1.29, 1.82) is 0 Å². The van der Waals surface area contributed by atoms with Gasteiger partial charge in [-0.2, -0.15) is 0 Å². The molecule has 2 N–H and O–H groups in total. The Bertz CT molecular complexity index is 546. The lowest BCUT2D eigenvalue weighted by Gasteiger charge is -2.13. The van der Waals surface area contributed by atoms with Crippen LogP contribution in [0.5, 0.6) is 5.75 Å². The first-order chi connectivity index (χ1) is 9.63. The zero-order chi connectivity index (χ0) is 14.4. The first-order valence-corrected chi connectivity index (χ1v) is 6.74. The smallest absolute Gasteiger partial charge is 0.126 e. The average Bonchev–Trinajstić information content (AvgIpc) is 2.45. The molecule has 1 heterocycles. The second kappa shape index (κ2) is 7.12. The number of nitrogens with one attached hydrogen (secondary N) is 1. The normalized spacial score (nSPS) is 11.9. The van der Waals surface area contributed by atoms with Crippen LogP contribution in [0.15, 0.2) is 42.6 Å². The summed E-state index contributed by atoms with van der Waals surface area (Å²) in [5.74, 6) is 1.43. The van der Waals surface area contributed by atoms with Gasteiger partial charge in [-0.05, 0) is 48.9 Å². The summed E-state index contributed by atoms with van der Waals surface area (Å²) < 4.78 is 5.47. The number of aliphatic hydroxyl groups is 1. The Labute approximate surface area is 123 Å². The number of hydrogen-bond acceptors (Lipinski definition) is 4. The van der Waals surface area contributed by atoms with E-state index in [9.17, 15) is 5.11 Å². The van der Waals surface area contributed by atoms with E-state index in [1.807, 2.05) is 19.1 Å². The lowest BCUT2D eigenvalue weighted by atomic mass is 10.3. The highest BCUT2D eigenvalue weighted by Gasteiger charge is 2.06. The molecular weight excluding hydrogens is 276 g/mol. The number of aliphatic hydroxyl groups excluding tert-OH is 1. The van der Waals surface area contributed by atoms with E-state index in [1.165, 1.54) is 0 Å². The van der Waals surface area contributed by atoms with Crippen molar-refractivity contribution < 1.29 is 9.84 Å². The molecule has 0 fully saturated rings. The fraction of sp³-hybridized carbons (Fsp3) is 0.267. The number of benzene rings is 1. The fourth-order valence-electron chi connectivity index (χ4n) is 1.64. The van der Waals surface area contributed by atoms with Crippen LogP contribution < -0.4 is 10.1 Å². The monoisotopic (exact) mass is 292 g/mol. The van der Waals surface area contributed by atoms with Crippen molar-refractivity contribution >= 4 is 17.4 Å². The Morgan fingerprint density at radius 3 is 2.75 bits per heavy atom. The van der Waals surface area contributed by atoms with Gasteiger partial charge in [0, 0.05) is 17.8 Å². The standard InChI is InChI=1S/C15H17ClN2O2/c1-11-6-7-17-15(8-11)18-9-13(19)10-20-14-4-2-12(16)3-5-14/h2-8,13,19H,9-10H2,1H3,(H,17,18)/t13-/m1/s1. The van der Waals surface area contributed by atoms with E-state index >= 15 is 0 Å². The minimum Gasteiger partial charge on any atom is -0.491 e. The molecule has 4 nitrogen and oxygen atoms in total. The number of rotatable bonds is 6. The average molecular weight is 293 g/mol. The van der Waals surface area contributed by atoms with Crippen LogP contribution in [0, 0.1) is 6.92 Å². The molecule has 0 saturated carbocycles. The maximum atomic E-state index is 9.85. The molecule has 0 radical (unpaired) electrons. The minimum absolute atomic E-state index is 0.209. The molecule has 2 rings (SSSR count). The maximum Gasteiger partial charge on any atom is 0.126 e. The Balaban J connectivity index is 1.75. The van der Waals surface area contributed by atoms with Crippen LogP contribution in [0.3, 0.4) is 0 Å². The van der Waals surface area contributed by atoms with Crippen LogP contribution in [0.4, 0.5) is 5.82 Å². The van der Waals surface area contributed by atoms with Crippen molar-refractivity contribution in [1.82, 2.24) is 4.98 Å². The van der Waals surface area contributed by atoms with Gasteiger partial charge in [0.1, 0.15) is 24.3 Å². The SMILES string of the molecule is Cc1ccnc(NC[C@@H](O)COc2ccc(Cl)cc2)c1. The highest BCUT2D eigenvalue weighted by molar-refractivity contribution is 6.30. The van der Waals surface area contributed by atoms with Gasteiger partial charge in [0.15, 0.2) is 0 Å². The third-order valence-corrected chi connectivity index (χ3v) is 2.94. The predicted octanol–water partition coefficient (Wildman–Crippen LogP) is 2.90. The van der Waals surface area contributed by atoms with Gasteiger partial charge in [-0.15, -0.1) is 0 Å². The number of hydrogen-bond donors (Lipinski definition) is 2. The number of aromatic nitrogens is 1. The van der Waals surface area contributed by atoms with Gasteiger partial charge < -0.3 is 15.2 Å². The molecule has 0 aliphatic heterocycles. The molecule has 5 heteroatoms. The Hall–Kier alpha value is -1.78. The van der Waals surface area contributed by atoms with Crippen LogP contribution >= 0.6 is 11.6 Å². The van der Waals surface area contributed by atoms with Gasteiger partial charge in [-0.1, -0.05) is 11.6 Å². The summed E-state index contributed by atoms with van der Waals surface area (Å²) in [5, 5.41) is 13.6. The summed E-state index contributed by atoms with van der Waals surface area (Å²) in [6.07, 6.45) is 1.11. The van der Waals surface area contributed by atoms with Crippen LogP contribution in [-0.4, -0.2) is 29.3 Å². The van der Waals surface area contributed by atoms with E-state index in [1.54, 1.807) is 30.5 Å². The van der Waals surface area contributed by atoms with Gasteiger partial charge in [-0.3, -0.25) is 0 Å². The molecule has 1 atom stereocenters. The summed E-state index contributed by atoms with van der Waals surface area (Å²) in [6.45, 7) is 2.58. The van der Waals surface area contributed by atoms with Crippen molar-refractivity contribution in [2.75, 3.05) is 18.5 Å². The summed E-state index contributed by atoms with van der Waals surface area (Å²) in [7, 11) is 0. The molecule has 2 aromatic rings. The van der Waals surface area contributed by atoms with Gasteiger partial charge in [0.05, 0.1) is 0 Å². The molecule has 1 aromatic heterocycles. The first kappa shape index (κ1) is 14.6. The molecule has 20 heavy (non-hydrogen) atoms. The van der Waals surface area contributed by atoms with Crippen molar-refractivity contribution in [2.24, 2.45) is 0 Å². The summed E-state index contributed by atoms with van der Waals surface area (Å²) in [5.41, 5.74) is 1.12. The number of pyridine rings is 1. The number of anilines is 1. The van der Waals surface area contributed by atoms with Crippen molar-refractivity contribution in [2.45, 2.75) is 13.0 Å². The molecular formula is C15H17ClN2O2. The predicted molar refractivity (Wildman–Crippen MR) is 80.4 cm³/mol. The summed E-state index contributed by atoms with van der Waals surface area (Å²) >= 11 is 5.78. The van der Waals surface area contributed by atoms with E-state index in [0.717, 1.165) is 11.4 Å². The van der Waals surface area contributed by atoms with Gasteiger partial charge in [-0.25, -0.2) is 4.98 Å². The van der Waals surface area contributed by atoms with Crippen LogP contribution in [0.25, 0.3) is 0 Å². The Morgan fingerprint density at radius 2 is 2.05 bits per heavy atom. The quantitative estimate of drug-likeness (QED) is 0.859. The third-order valence-electron chi connectivity index (χ3n) is 2.69. The number of halogens is 1. The van der Waals surface area contributed by atoms with E-state index < -0.39 is 6.10 Å². The molecule has 106 valence electrons. The maximum absolute atomic E-state index is 9.85. The molecule has 0 unspecified atom stereocenters. The third kappa shape index (κ3) is 4.72. The fourth-order valence-corrected chi connectivity index (χ4v) is 1.76. The Kier molecular flexibility index (Phi) is 5.21. The van der Waals surface area contributed by atoms with Crippen molar-refractivity contribution in [3.8, 4) is 5.75 Å². The van der Waals surface area contributed by atoms with E-state index in [-0.39, 0.29) is 6.61 Å². The van der Waals surface area contributed by atoms with Crippen LogP contribution in [0.2, 0.25) is 5.02 Å². The first-order valence-electron chi connectivity index (χ1n) is 6.36. The van der Waals surface area contributed by atoms with E-state index in [0.29, 0.717) is 17.3 Å². The highest BCUT2D eigenvalue weighted by Crippen LogP contribution is 2.15. The van der Waals surface area contributed by atoms with Gasteiger partial charge in [0.2, 0.25) is 0 Å². The van der Waals surface area contributed by atoms with E-state index in [4.69, 9.17) is 16.3 Å². The summed E-state index contributed by atoms with van der Waals surface area (Å²) in [4.78, 5) is 4.16. The number of aryl methyl sites for hydroxylation is 1. The largest absolute Gasteiger partial charge is 0.491 e. The highest BCUT2D eigenvalue weighted by atomic mass is 35.5. The molecule has 0 saturated heterocycles. The van der Waals surface area contributed by atoms with Crippen molar-refractivity contribution in [3.05, 3.63) is 53.2 Å². The van der Waals surface area contributed by atoms with Crippen molar-refractivity contribution in [3.63, 3.8) is 0 Å². The minimum atomic E-state index is -0.618. The second-order valence-corrected chi connectivity index (χ2v) is 4.95. The summed E-state index contributed by atoms with van der Waals surface area (Å²) in [6, 6.07) is 10.9. The van der Waals surface area contributed by atoms with Gasteiger partial charge in [0.25, 0.3) is 0 Å². The van der Waals surface area contributed by atoms with E-state index in [2.05, 4.69) is 10.3 Å². The zero-order valence-electron chi connectivity index (χ0n) is 11.2. The zero-order valence-corrected chi connectivity index (χ0v) is 12.0. The lowest BCUT2D eigenvalue weighted by Crippen LogP contribution is -2.26. The molecule has 1 aromatic carbocycles. The molecule has 0 aliphatic carbocycles. The topological polar surface area (TPSA) is 54.4 Å². The van der Waals surface area contributed by atoms with Crippen LogP contribution in [-0.2, 0) is 0 Å².